The Hall–Kier alpha value is -3.49. The number of ketones is 1. The van der Waals surface area contributed by atoms with Gasteiger partial charge in [-0.25, -0.2) is 13.6 Å². The Morgan fingerprint density at radius 1 is 0.935 bits per heavy atom. The summed E-state index contributed by atoms with van der Waals surface area (Å²) in [4.78, 5) is 38.7. The fourth-order valence-corrected chi connectivity index (χ4v) is 3.13. The van der Waals surface area contributed by atoms with Gasteiger partial charge in [0.1, 0.15) is 17.4 Å². The van der Waals surface area contributed by atoms with E-state index in [4.69, 9.17) is 9.47 Å². The van der Waals surface area contributed by atoms with Crippen LogP contribution in [0.25, 0.3) is 0 Å². The standard InChI is InChI=1S/C22H22F2N2O5/c1-15(27)16-2-7-20(19(24)12-16)25-8-10-26(11-9-25)21(28)13-31-22(29)14-30-18-5-3-17(23)4-6-18/h2-7,12H,8-11,13-14H2,1H3. The first-order valence-electron chi connectivity index (χ1n) is 9.70. The minimum Gasteiger partial charge on any atom is -0.482 e. The Labute approximate surface area is 178 Å². The van der Waals surface area contributed by atoms with Crippen LogP contribution in [0.2, 0.25) is 0 Å². The van der Waals surface area contributed by atoms with Crippen molar-refractivity contribution in [1.29, 1.82) is 0 Å². The molecule has 2 aromatic rings. The zero-order valence-electron chi connectivity index (χ0n) is 17.0. The lowest BCUT2D eigenvalue weighted by Crippen LogP contribution is -2.50. The minimum atomic E-state index is -0.719. The average molecular weight is 432 g/mol. The van der Waals surface area contributed by atoms with Crippen molar-refractivity contribution in [2.45, 2.75) is 6.92 Å². The number of hydrogen-bond acceptors (Lipinski definition) is 6. The van der Waals surface area contributed by atoms with E-state index in [1.165, 1.54) is 42.2 Å². The molecule has 3 rings (SSSR count). The number of amides is 1. The topological polar surface area (TPSA) is 76.2 Å². The van der Waals surface area contributed by atoms with Crippen molar-refractivity contribution in [3.8, 4) is 5.75 Å². The van der Waals surface area contributed by atoms with Crippen molar-refractivity contribution in [1.82, 2.24) is 4.90 Å². The molecule has 1 saturated heterocycles. The molecule has 7 nitrogen and oxygen atoms in total. The number of carbonyl (C=O) groups excluding carboxylic acids is 3. The van der Waals surface area contributed by atoms with E-state index >= 15 is 0 Å². The predicted octanol–water partition coefficient (Wildman–Crippen LogP) is 2.44. The first-order chi connectivity index (χ1) is 14.8. The third kappa shape index (κ3) is 6.00. The predicted molar refractivity (Wildman–Crippen MR) is 108 cm³/mol. The highest BCUT2D eigenvalue weighted by Gasteiger charge is 2.24. The van der Waals surface area contributed by atoms with Gasteiger partial charge in [0.05, 0.1) is 5.69 Å². The highest BCUT2D eigenvalue weighted by molar-refractivity contribution is 5.94. The molecule has 0 atom stereocenters. The fraction of sp³-hybridized carbons (Fsp3) is 0.318. The van der Waals surface area contributed by atoms with Gasteiger partial charge in [0.25, 0.3) is 5.91 Å². The molecule has 1 heterocycles. The minimum absolute atomic E-state index is 0.210. The van der Waals surface area contributed by atoms with E-state index in [2.05, 4.69) is 0 Å². The number of rotatable bonds is 7. The Morgan fingerprint density at radius 3 is 2.23 bits per heavy atom. The summed E-state index contributed by atoms with van der Waals surface area (Å²) < 4.78 is 37.2. The summed E-state index contributed by atoms with van der Waals surface area (Å²) in [5.74, 6) is -1.88. The molecule has 1 aliphatic rings. The number of halogens is 2. The van der Waals surface area contributed by atoms with Gasteiger partial charge in [-0.15, -0.1) is 0 Å². The van der Waals surface area contributed by atoms with Crippen molar-refractivity contribution in [3.63, 3.8) is 0 Å². The number of benzene rings is 2. The van der Waals surface area contributed by atoms with Crippen LogP contribution in [0.5, 0.6) is 5.75 Å². The summed E-state index contributed by atoms with van der Waals surface area (Å²) >= 11 is 0. The Morgan fingerprint density at radius 2 is 1.61 bits per heavy atom. The van der Waals surface area contributed by atoms with Gasteiger partial charge in [-0.05, 0) is 49.4 Å². The van der Waals surface area contributed by atoms with Crippen molar-refractivity contribution < 1.29 is 32.6 Å². The van der Waals surface area contributed by atoms with Gasteiger partial charge in [0.2, 0.25) is 0 Å². The zero-order valence-corrected chi connectivity index (χ0v) is 17.0. The number of anilines is 1. The number of carbonyl (C=O) groups is 3. The smallest absolute Gasteiger partial charge is 0.344 e. The van der Waals surface area contributed by atoms with E-state index in [9.17, 15) is 23.2 Å². The molecule has 164 valence electrons. The fourth-order valence-electron chi connectivity index (χ4n) is 3.13. The highest BCUT2D eigenvalue weighted by Crippen LogP contribution is 2.22. The number of esters is 1. The molecule has 0 radical (unpaired) electrons. The maximum absolute atomic E-state index is 14.3. The molecule has 0 aromatic heterocycles. The number of hydrogen-bond donors (Lipinski definition) is 0. The molecule has 1 aliphatic heterocycles. The van der Waals surface area contributed by atoms with Gasteiger partial charge in [-0.1, -0.05) is 0 Å². The van der Waals surface area contributed by atoms with Crippen LogP contribution in [-0.2, 0) is 14.3 Å². The van der Waals surface area contributed by atoms with E-state index in [1.807, 2.05) is 0 Å². The van der Waals surface area contributed by atoms with Crippen LogP contribution >= 0.6 is 0 Å². The molecule has 9 heteroatoms. The van der Waals surface area contributed by atoms with Crippen LogP contribution in [0.15, 0.2) is 42.5 Å². The van der Waals surface area contributed by atoms with Crippen molar-refractivity contribution >= 4 is 23.3 Å². The molecule has 1 fully saturated rings. The lowest BCUT2D eigenvalue weighted by Gasteiger charge is -2.36. The summed E-state index contributed by atoms with van der Waals surface area (Å²) in [6.45, 7) is 2.05. The Kier molecular flexibility index (Phi) is 7.17. The van der Waals surface area contributed by atoms with E-state index in [-0.39, 0.29) is 11.7 Å². The van der Waals surface area contributed by atoms with Gasteiger partial charge in [0, 0.05) is 31.7 Å². The molecule has 0 N–H and O–H groups in total. The van der Waals surface area contributed by atoms with Gasteiger partial charge in [-0.3, -0.25) is 9.59 Å². The second kappa shape index (κ2) is 10.0. The maximum atomic E-state index is 14.3. The van der Waals surface area contributed by atoms with Crippen LogP contribution in [0.1, 0.15) is 17.3 Å². The molecule has 0 bridgehead atoms. The van der Waals surface area contributed by atoms with Crippen molar-refractivity contribution in [2.24, 2.45) is 0 Å². The molecule has 31 heavy (non-hydrogen) atoms. The summed E-state index contributed by atoms with van der Waals surface area (Å²) in [5.41, 5.74) is 0.682. The van der Waals surface area contributed by atoms with E-state index in [0.717, 1.165) is 0 Å². The van der Waals surface area contributed by atoms with E-state index < -0.39 is 30.8 Å². The van der Waals surface area contributed by atoms with Crippen molar-refractivity contribution in [2.75, 3.05) is 44.3 Å². The Bertz CT molecular complexity index is 957. The molecule has 2 aromatic carbocycles. The first kappa shape index (κ1) is 22.2. The van der Waals surface area contributed by atoms with Crippen LogP contribution in [-0.4, -0.2) is 62.0 Å². The Balaban J connectivity index is 1.42. The van der Waals surface area contributed by atoms with Gasteiger partial charge in [0.15, 0.2) is 19.0 Å². The summed E-state index contributed by atoms with van der Waals surface area (Å²) in [5, 5.41) is 0. The van der Waals surface area contributed by atoms with Gasteiger partial charge < -0.3 is 19.3 Å². The van der Waals surface area contributed by atoms with Crippen LogP contribution in [0, 0.1) is 11.6 Å². The molecular formula is C22H22F2N2O5. The second-order valence-corrected chi connectivity index (χ2v) is 6.99. The summed E-state index contributed by atoms with van der Waals surface area (Å²) in [6.07, 6.45) is 0. The normalized spacial score (nSPS) is 13.6. The maximum Gasteiger partial charge on any atom is 0.344 e. The zero-order chi connectivity index (χ0) is 22.4. The molecule has 0 saturated carbocycles. The first-order valence-corrected chi connectivity index (χ1v) is 9.70. The van der Waals surface area contributed by atoms with Crippen LogP contribution < -0.4 is 9.64 Å². The molecule has 1 amide bonds. The largest absolute Gasteiger partial charge is 0.482 e. The quantitative estimate of drug-likeness (QED) is 0.494. The van der Waals surface area contributed by atoms with E-state index in [0.29, 0.717) is 43.2 Å². The molecular weight excluding hydrogens is 410 g/mol. The van der Waals surface area contributed by atoms with Gasteiger partial charge in [-0.2, -0.15) is 0 Å². The third-order valence-corrected chi connectivity index (χ3v) is 4.85. The summed E-state index contributed by atoms with van der Waals surface area (Å²) in [7, 11) is 0. The number of nitrogens with zero attached hydrogens (tertiary/aromatic N) is 2. The van der Waals surface area contributed by atoms with Crippen LogP contribution in [0.3, 0.4) is 0 Å². The third-order valence-electron chi connectivity index (χ3n) is 4.85. The monoisotopic (exact) mass is 432 g/mol. The highest BCUT2D eigenvalue weighted by atomic mass is 19.1. The lowest BCUT2D eigenvalue weighted by molar-refractivity contribution is -0.153. The number of Topliss-reactive ketones (excluding diaryl/α,β-unsaturated/α-hetero) is 1. The lowest BCUT2D eigenvalue weighted by atomic mass is 10.1. The number of ether oxygens (including phenoxy) is 2. The number of piperazine rings is 1. The second-order valence-electron chi connectivity index (χ2n) is 6.99. The molecule has 0 spiro atoms. The molecule has 0 unspecified atom stereocenters. The SMILES string of the molecule is CC(=O)c1ccc(N2CCN(C(=O)COC(=O)COc3ccc(F)cc3)CC2)c(F)c1. The van der Waals surface area contributed by atoms with Gasteiger partial charge >= 0.3 is 5.97 Å². The average Bonchev–Trinajstić information content (AvgIpc) is 2.77. The van der Waals surface area contributed by atoms with E-state index in [1.54, 1.807) is 17.0 Å². The van der Waals surface area contributed by atoms with Crippen molar-refractivity contribution in [3.05, 3.63) is 59.7 Å². The van der Waals surface area contributed by atoms with Crippen LogP contribution in [0.4, 0.5) is 14.5 Å². The summed E-state index contributed by atoms with van der Waals surface area (Å²) in [6, 6.07) is 9.51. The molecule has 0 aliphatic carbocycles.